The predicted octanol–water partition coefficient (Wildman–Crippen LogP) is 6.04. The molecule has 0 N–H and O–H groups in total. The molecule has 4 rings (SSSR count). The van der Waals surface area contributed by atoms with Crippen molar-refractivity contribution in [1.82, 2.24) is 9.55 Å². The molecule has 0 unspecified atom stereocenters. The molecule has 0 saturated heterocycles. The summed E-state index contributed by atoms with van der Waals surface area (Å²) in [6, 6.07) is 24.8. The minimum absolute atomic E-state index is 0.224. The Morgan fingerprint density at radius 2 is 1.59 bits per heavy atom. The maximum atomic E-state index is 13.3. The second-order valence-electron chi connectivity index (χ2n) is 6.67. The van der Waals surface area contributed by atoms with Crippen LogP contribution in [0.2, 0.25) is 0 Å². The molecule has 0 bridgehead atoms. The van der Waals surface area contributed by atoms with E-state index in [9.17, 15) is 4.39 Å². The average molecular weight is 405 g/mol. The zero-order chi connectivity index (χ0) is 20.1. The number of halogens is 1. The van der Waals surface area contributed by atoms with E-state index in [2.05, 4.69) is 35.0 Å². The summed E-state index contributed by atoms with van der Waals surface area (Å²) in [7, 11) is 1.67. The highest BCUT2D eigenvalue weighted by Gasteiger charge is 2.11. The van der Waals surface area contributed by atoms with Crippen molar-refractivity contribution >= 4 is 11.8 Å². The highest BCUT2D eigenvalue weighted by Crippen LogP contribution is 2.28. The van der Waals surface area contributed by atoms with Crippen molar-refractivity contribution in [3.63, 3.8) is 0 Å². The fourth-order valence-corrected chi connectivity index (χ4v) is 3.97. The molecular formula is C24H21FN2OS. The third-order valence-electron chi connectivity index (χ3n) is 4.60. The second-order valence-corrected chi connectivity index (χ2v) is 7.61. The van der Waals surface area contributed by atoms with Crippen molar-refractivity contribution in [3.8, 4) is 17.0 Å². The van der Waals surface area contributed by atoms with Crippen molar-refractivity contribution in [3.05, 3.63) is 102 Å². The van der Waals surface area contributed by atoms with E-state index in [4.69, 9.17) is 9.72 Å². The van der Waals surface area contributed by atoms with Gasteiger partial charge in [0.05, 0.1) is 12.8 Å². The minimum Gasteiger partial charge on any atom is -0.497 e. The van der Waals surface area contributed by atoms with E-state index in [1.165, 1.54) is 17.7 Å². The number of methoxy groups -OCH3 is 1. The Labute approximate surface area is 174 Å². The number of ether oxygens (including phenoxy) is 1. The van der Waals surface area contributed by atoms with Crippen molar-refractivity contribution in [2.75, 3.05) is 7.11 Å². The van der Waals surface area contributed by atoms with Crippen LogP contribution < -0.4 is 4.74 Å². The van der Waals surface area contributed by atoms with Gasteiger partial charge in [-0.15, -0.1) is 0 Å². The van der Waals surface area contributed by atoms with Crippen LogP contribution in [-0.4, -0.2) is 16.7 Å². The first-order chi connectivity index (χ1) is 14.2. The average Bonchev–Trinajstić information content (AvgIpc) is 3.17. The lowest BCUT2D eigenvalue weighted by atomic mass is 10.2. The first kappa shape index (κ1) is 19.3. The summed E-state index contributed by atoms with van der Waals surface area (Å²) < 4.78 is 20.6. The van der Waals surface area contributed by atoms with Gasteiger partial charge in [-0.2, -0.15) is 0 Å². The molecule has 3 nitrogen and oxygen atoms in total. The molecule has 29 heavy (non-hydrogen) atoms. The van der Waals surface area contributed by atoms with Crippen LogP contribution in [0.1, 0.15) is 11.1 Å². The summed E-state index contributed by atoms with van der Waals surface area (Å²) >= 11 is 1.69. The highest BCUT2D eigenvalue weighted by atomic mass is 32.2. The molecule has 0 aliphatic rings. The van der Waals surface area contributed by atoms with Gasteiger partial charge < -0.3 is 9.30 Å². The molecule has 1 heterocycles. The largest absolute Gasteiger partial charge is 0.497 e. The van der Waals surface area contributed by atoms with Gasteiger partial charge in [0.1, 0.15) is 11.6 Å². The van der Waals surface area contributed by atoms with Gasteiger partial charge in [0.2, 0.25) is 0 Å². The molecule has 4 aromatic rings. The quantitative estimate of drug-likeness (QED) is 0.352. The molecule has 0 atom stereocenters. The van der Waals surface area contributed by atoms with Crippen molar-refractivity contribution in [2.24, 2.45) is 0 Å². The number of hydrogen-bond acceptors (Lipinski definition) is 3. The monoisotopic (exact) mass is 404 g/mol. The summed E-state index contributed by atoms with van der Waals surface area (Å²) in [4.78, 5) is 4.87. The van der Waals surface area contributed by atoms with Gasteiger partial charge in [0.15, 0.2) is 5.16 Å². The SMILES string of the molecule is COc1ccc(CSc2nc(-c3ccccc3)cn2Cc2ccc(F)cc2)cc1. The molecule has 146 valence electrons. The van der Waals surface area contributed by atoms with E-state index in [1.54, 1.807) is 18.9 Å². The molecular weight excluding hydrogens is 383 g/mol. The number of imidazole rings is 1. The van der Waals surface area contributed by atoms with Crippen LogP contribution in [0.3, 0.4) is 0 Å². The number of hydrogen-bond donors (Lipinski definition) is 0. The molecule has 0 amide bonds. The van der Waals surface area contributed by atoms with E-state index < -0.39 is 0 Å². The van der Waals surface area contributed by atoms with Crippen LogP contribution in [0.4, 0.5) is 4.39 Å². The van der Waals surface area contributed by atoms with E-state index >= 15 is 0 Å². The summed E-state index contributed by atoms with van der Waals surface area (Å²) in [5.41, 5.74) is 4.25. The first-order valence-corrected chi connectivity index (χ1v) is 10.3. The Balaban J connectivity index is 1.59. The lowest BCUT2D eigenvalue weighted by Crippen LogP contribution is -2.00. The number of rotatable bonds is 7. The van der Waals surface area contributed by atoms with Crippen LogP contribution in [0, 0.1) is 5.82 Å². The molecule has 5 heteroatoms. The Morgan fingerprint density at radius 3 is 2.28 bits per heavy atom. The third-order valence-corrected chi connectivity index (χ3v) is 5.66. The van der Waals surface area contributed by atoms with Gasteiger partial charge in [-0.25, -0.2) is 9.37 Å². The summed E-state index contributed by atoms with van der Waals surface area (Å²) in [5, 5.41) is 0.934. The molecule has 0 spiro atoms. The Morgan fingerprint density at radius 1 is 0.897 bits per heavy atom. The second kappa shape index (κ2) is 8.97. The lowest BCUT2D eigenvalue weighted by molar-refractivity contribution is 0.414. The van der Waals surface area contributed by atoms with Crippen molar-refractivity contribution < 1.29 is 9.13 Å². The Kier molecular flexibility index (Phi) is 5.96. The number of thioether (sulfide) groups is 1. The zero-order valence-electron chi connectivity index (χ0n) is 16.1. The maximum Gasteiger partial charge on any atom is 0.169 e. The molecule has 1 aromatic heterocycles. The molecule has 0 saturated carbocycles. The number of benzene rings is 3. The van der Waals surface area contributed by atoms with Gasteiger partial charge in [-0.1, -0.05) is 66.4 Å². The third kappa shape index (κ3) is 4.87. The Bertz CT molecular complexity index is 1060. The normalized spacial score (nSPS) is 10.8. The Hall–Kier alpha value is -3.05. The zero-order valence-corrected chi connectivity index (χ0v) is 16.9. The first-order valence-electron chi connectivity index (χ1n) is 9.34. The number of aromatic nitrogens is 2. The van der Waals surface area contributed by atoms with E-state index in [1.807, 2.05) is 42.5 Å². The maximum absolute atomic E-state index is 13.3. The fourth-order valence-electron chi connectivity index (χ4n) is 3.03. The van der Waals surface area contributed by atoms with Crippen LogP contribution in [0.25, 0.3) is 11.3 Å². The van der Waals surface area contributed by atoms with Gasteiger partial charge in [-0.05, 0) is 35.4 Å². The summed E-state index contributed by atoms with van der Waals surface area (Å²) in [5.74, 6) is 1.43. The minimum atomic E-state index is -0.224. The lowest BCUT2D eigenvalue weighted by Gasteiger charge is -2.08. The molecule has 0 aliphatic carbocycles. The summed E-state index contributed by atoms with van der Waals surface area (Å²) in [6.07, 6.45) is 2.06. The van der Waals surface area contributed by atoms with Crippen LogP contribution in [0.5, 0.6) is 5.75 Å². The van der Waals surface area contributed by atoms with E-state index in [0.29, 0.717) is 6.54 Å². The van der Waals surface area contributed by atoms with Crippen molar-refractivity contribution in [2.45, 2.75) is 17.5 Å². The van der Waals surface area contributed by atoms with Gasteiger partial charge in [0.25, 0.3) is 0 Å². The van der Waals surface area contributed by atoms with Crippen LogP contribution >= 0.6 is 11.8 Å². The fraction of sp³-hybridized carbons (Fsp3) is 0.125. The summed E-state index contributed by atoms with van der Waals surface area (Å²) in [6.45, 7) is 0.644. The molecule has 3 aromatic carbocycles. The van der Waals surface area contributed by atoms with Crippen LogP contribution in [0.15, 0.2) is 90.2 Å². The highest BCUT2D eigenvalue weighted by molar-refractivity contribution is 7.98. The topological polar surface area (TPSA) is 27.1 Å². The number of nitrogens with zero attached hydrogens (tertiary/aromatic N) is 2. The van der Waals surface area contributed by atoms with Crippen molar-refractivity contribution in [1.29, 1.82) is 0 Å². The van der Waals surface area contributed by atoms with Gasteiger partial charge >= 0.3 is 0 Å². The van der Waals surface area contributed by atoms with Gasteiger partial charge in [-0.3, -0.25) is 0 Å². The smallest absolute Gasteiger partial charge is 0.169 e. The molecule has 0 radical (unpaired) electrons. The standard InChI is InChI=1S/C24H21FN2OS/c1-28-22-13-9-19(10-14-22)17-29-24-26-23(20-5-3-2-4-6-20)16-27(24)15-18-7-11-21(25)12-8-18/h2-14,16H,15,17H2,1H3. The molecule has 0 fully saturated rings. The van der Waals surface area contributed by atoms with Crippen LogP contribution in [-0.2, 0) is 12.3 Å². The predicted molar refractivity (Wildman–Crippen MR) is 116 cm³/mol. The van der Waals surface area contributed by atoms with Gasteiger partial charge in [0, 0.05) is 24.1 Å². The molecule has 0 aliphatic heterocycles. The van der Waals surface area contributed by atoms with E-state index in [-0.39, 0.29) is 5.82 Å². The van der Waals surface area contributed by atoms with E-state index in [0.717, 1.165) is 33.5 Å².